The molecule has 0 heterocycles. The maximum Gasteiger partial charge on any atom is 0.118 e. The summed E-state index contributed by atoms with van der Waals surface area (Å²) < 4.78 is 0. The van der Waals surface area contributed by atoms with E-state index in [1.807, 2.05) is 19.1 Å². The van der Waals surface area contributed by atoms with Crippen LogP contribution in [0.2, 0.25) is 0 Å². The first kappa shape index (κ1) is 7.13. The molecule has 0 aromatic rings. The Bertz CT molecular complexity index is 219. The largest absolute Gasteiger partial charge is 0.508 e. The van der Waals surface area contributed by atoms with Crippen molar-refractivity contribution >= 4 is 0 Å². The molecule has 0 bridgehead atoms. The molecule has 10 heavy (non-hydrogen) atoms. The molecule has 1 nitrogen and oxygen atoms in total. The van der Waals surface area contributed by atoms with Crippen LogP contribution in [0, 0.1) is 0 Å². The van der Waals surface area contributed by atoms with E-state index in [4.69, 9.17) is 0 Å². The first-order chi connectivity index (χ1) is 4.70. The fourth-order valence-electron chi connectivity index (χ4n) is 0.839. The lowest BCUT2D eigenvalue weighted by atomic mass is 10.2. The van der Waals surface area contributed by atoms with Crippen molar-refractivity contribution in [3.63, 3.8) is 0 Å². The normalized spacial score (nSPS) is 18.8. The summed E-state index contributed by atoms with van der Waals surface area (Å²) in [5, 5.41) is 9.22. The molecule has 0 saturated carbocycles. The minimum Gasteiger partial charge on any atom is -0.508 e. The first-order valence-corrected chi connectivity index (χ1v) is 3.43. The van der Waals surface area contributed by atoms with Crippen molar-refractivity contribution in [1.82, 2.24) is 0 Å². The predicted octanol–water partition coefficient (Wildman–Crippen LogP) is 2.72. The molecule has 1 aliphatic carbocycles. The summed E-state index contributed by atoms with van der Waals surface area (Å²) in [6, 6.07) is 0. The molecule has 54 valence electrons. The van der Waals surface area contributed by atoms with Crippen molar-refractivity contribution in [2.45, 2.75) is 20.3 Å². The zero-order valence-corrected chi connectivity index (χ0v) is 6.39. The van der Waals surface area contributed by atoms with Gasteiger partial charge >= 0.3 is 0 Å². The monoisotopic (exact) mass is 136 g/mol. The van der Waals surface area contributed by atoms with E-state index in [0.29, 0.717) is 5.76 Å². The maximum absolute atomic E-state index is 9.22. The Morgan fingerprint density at radius 3 is 2.70 bits per heavy atom. The summed E-state index contributed by atoms with van der Waals surface area (Å²) in [5.74, 6) is 0.386. The van der Waals surface area contributed by atoms with E-state index >= 15 is 0 Å². The Morgan fingerprint density at radius 1 is 1.30 bits per heavy atom. The van der Waals surface area contributed by atoms with Gasteiger partial charge in [-0.2, -0.15) is 0 Å². The van der Waals surface area contributed by atoms with Crippen LogP contribution in [0.3, 0.4) is 0 Å². The number of aliphatic hydroxyl groups is 1. The van der Waals surface area contributed by atoms with Crippen LogP contribution < -0.4 is 0 Å². The molecule has 1 N–H and O–H groups in total. The fraction of sp³-hybridized carbons (Fsp3) is 0.333. The van der Waals surface area contributed by atoms with Gasteiger partial charge in [-0.1, -0.05) is 17.7 Å². The van der Waals surface area contributed by atoms with Gasteiger partial charge in [-0.15, -0.1) is 0 Å². The zero-order chi connectivity index (χ0) is 7.56. The molecule has 0 aliphatic heterocycles. The maximum atomic E-state index is 9.22. The van der Waals surface area contributed by atoms with Gasteiger partial charge in [0.25, 0.3) is 0 Å². The lowest BCUT2D eigenvalue weighted by molar-refractivity contribution is 0.423. The highest BCUT2D eigenvalue weighted by molar-refractivity contribution is 5.32. The average molecular weight is 136 g/mol. The third kappa shape index (κ3) is 1.50. The van der Waals surface area contributed by atoms with Gasteiger partial charge in [0.1, 0.15) is 5.76 Å². The molecular weight excluding hydrogens is 124 g/mol. The SMILES string of the molecule is CC1=CC=C(O)C(C)=CC1. The minimum absolute atomic E-state index is 0.386. The van der Waals surface area contributed by atoms with Gasteiger partial charge in [-0.3, -0.25) is 0 Å². The van der Waals surface area contributed by atoms with E-state index in [2.05, 4.69) is 6.92 Å². The van der Waals surface area contributed by atoms with Crippen molar-refractivity contribution in [3.05, 3.63) is 35.1 Å². The number of rotatable bonds is 0. The quantitative estimate of drug-likeness (QED) is 0.543. The van der Waals surface area contributed by atoms with E-state index in [1.165, 1.54) is 5.57 Å². The number of hydrogen-bond acceptors (Lipinski definition) is 1. The van der Waals surface area contributed by atoms with Gasteiger partial charge in [-0.05, 0) is 31.9 Å². The van der Waals surface area contributed by atoms with E-state index in [-0.39, 0.29) is 0 Å². The highest BCUT2D eigenvalue weighted by Crippen LogP contribution is 2.14. The molecule has 0 spiro atoms. The zero-order valence-electron chi connectivity index (χ0n) is 6.39. The van der Waals surface area contributed by atoms with Crippen LogP contribution in [-0.4, -0.2) is 5.11 Å². The van der Waals surface area contributed by atoms with E-state index in [0.717, 1.165) is 12.0 Å². The van der Waals surface area contributed by atoms with Crippen molar-refractivity contribution in [2.75, 3.05) is 0 Å². The summed E-state index contributed by atoms with van der Waals surface area (Å²) in [5.41, 5.74) is 2.25. The Balaban J connectivity index is 2.90. The number of hydrogen-bond donors (Lipinski definition) is 1. The Morgan fingerprint density at radius 2 is 2.00 bits per heavy atom. The van der Waals surface area contributed by atoms with Crippen LogP contribution in [0.1, 0.15) is 20.3 Å². The van der Waals surface area contributed by atoms with Crippen molar-refractivity contribution < 1.29 is 5.11 Å². The van der Waals surface area contributed by atoms with E-state index in [1.54, 1.807) is 6.08 Å². The summed E-state index contributed by atoms with van der Waals surface area (Å²) in [4.78, 5) is 0. The predicted molar refractivity (Wildman–Crippen MR) is 42.8 cm³/mol. The van der Waals surface area contributed by atoms with Crippen molar-refractivity contribution in [1.29, 1.82) is 0 Å². The highest BCUT2D eigenvalue weighted by Gasteiger charge is 1.98. The standard InChI is InChI=1S/C9H12O/c1-7-3-5-8(2)9(10)6-4-7/h4-6,10H,3H2,1-2H3. The molecular formula is C9H12O. The molecule has 0 atom stereocenters. The highest BCUT2D eigenvalue weighted by atomic mass is 16.3. The van der Waals surface area contributed by atoms with Crippen LogP contribution >= 0.6 is 0 Å². The van der Waals surface area contributed by atoms with E-state index in [9.17, 15) is 5.11 Å². The molecule has 0 amide bonds. The van der Waals surface area contributed by atoms with Crippen LogP contribution in [0.4, 0.5) is 0 Å². The second-order valence-corrected chi connectivity index (χ2v) is 2.66. The molecule has 0 fully saturated rings. The first-order valence-electron chi connectivity index (χ1n) is 3.43. The van der Waals surface area contributed by atoms with Crippen LogP contribution in [0.25, 0.3) is 0 Å². The third-order valence-corrected chi connectivity index (χ3v) is 1.66. The lowest BCUT2D eigenvalue weighted by Crippen LogP contribution is -1.79. The van der Waals surface area contributed by atoms with Gasteiger partial charge in [0.2, 0.25) is 0 Å². The summed E-state index contributed by atoms with van der Waals surface area (Å²) in [6.07, 6.45) is 6.67. The molecule has 0 aromatic heterocycles. The second-order valence-electron chi connectivity index (χ2n) is 2.66. The molecule has 1 heteroatoms. The number of allylic oxidation sites excluding steroid dienone is 5. The van der Waals surface area contributed by atoms with Crippen LogP contribution in [0.5, 0.6) is 0 Å². The van der Waals surface area contributed by atoms with Gasteiger partial charge in [0.05, 0.1) is 0 Å². The Hall–Kier alpha value is -0.980. The minimum atomic E-state index is 0.386. The van der Waals surface area contributed by atoms with Crippen LogP contribution in [-0.2, 0) is 0 Å². The van der Waals surface area contributed by atoms with Gasteiger partial charge in [-0.25, -0.2) is 0 Å². The summed E-state index contributed by atoms with van der Waals surface area (Å²) in [6.45, 7) is 3.97. The molecule has 0 aromatic carbocycles. The average Bonchev–Trinajstić information content (AvgIpc) is 2.04. The third-order valence-electron chi connectivity index (χ3n) is 1.66. The Labute approximate surface area is 61.4 Å². The van der Waals surface area contributed by atoms with Gasteiger partial charge in [0.15, 0.2) is 0 Å². The summed E-state index contributed by atoms with van der Waals surface area (Å²) >= 11 is 0. The molecule has 0 radical (unpaired) electrons. The second kappa shape index (κ2) is 2.74. The molecule has 0 unspecified atom stereocenters. The van der Waals surface area contributed by atoms with E-state index < -0.39 is 0 Å². The molecule has 1 rings (SSSR count). The van der Waals surface area contributed by atoms with Gasteiger partial charge in [0, 0.05) is 0 Å². The summed E-state index contributed by atoms with van der Waals surface area (Å²) in [7, 11) is 0. The topological polar surface area (TPSA) is 20.2 Å². The van der Waals surface area contributed by atoms with Crippen molar-refractivity contribution in [2.24, 2.45) is 0 Å². The fourth-order valence-corrected chi connectivity index (χ4v) is 0.839. The van der Waals surface area contributed by atoms with Gasteiger partial charge < -0.3 is 5.11 Å². The smallest absolute Gasteiger partial charge is 0.118 e. The Kier molecular flexibility index (Phi) is 1.95. The molecule has 0 saturated heterocycles. The number of aliphatic hydroxyl groups excluding tert-OH is 1. The van der Waals surface area contributed by atoms with Crippen LogP contribution in [0.15, 0.2) is 35.1 Å². The lowest BCUT2D eigenvalue weighted by Gasteiger charge is -1.94. The van der Waals surface area contributed by atoms with Crippen molar-refractivity contribution in [3.8, 4) is 0 Å². The molecule has 1 aliphatic rings.